The van der Waals surface area contributed by atoms with Crippen molar-refractivity contribution in [2.45, 2.75) is 64.3 Å². The number of nitrogens with one attached hydrogen (secondary N) is 1. The summed E-state index contributed by atoms with van der Waals surface area (Å²) in [5, 5.41) is 3.69. The van der Waals surface area contributed by atoms with E-state index in [0.717, 1.165) is 34.9 Å². The average Bonchev–Trinajstić information content (AvgIpc) is 3.13. The number of fused-ring (bicyclic) bond motifs is 2. The van der Waals surface area contributed by atoms with Crippen LogP contribution in [0, 0.1) is 0 Å². The molecule has 0 saturated carbocycles. The first-order valence-corrected chi connectivity index (χ1v) is 15.2. The van der Waals surface area contributed by atoms with Gasteiger partial charge in [0.25, 0.3) is 5.91 Å². The van der Waals surface area contributed by atoms with Crippen LogP contribution in [0.1, 0.15) is 55.1 Å². The van der Waals surface area contributed by atoms with Gasteiger partial charge in [-0.05, 0) is 81.7 Å². The maximum Gasteiger partial charge on any atom is 0.407 e. The highest BCUT2D eigenvalue weighted by atomic mass is 28.4. The van der Waals surface area contributed by atoms with E-state index in [0.29, 0.717) is 31.8 Å². The second kappa shape index (κ2) is 9.31. The second-order valence-corrected chi connectivity index (χ2v) is 14.9. The van der Waals surface area contributed by atoms with Gasteiger partial charge in [0.15, 0.2) is 0 Å². The largest absolute Gasteiger partial charge is 0.492 e. The molecular weight excluding hydrogens is 460 g/mol. The molecule has 0 aromatic heterocycles. The minimum absolute atomic E-state index is 0.00870. The summed E-state index contributed by atoms with van der Waals surface area (Å²) in [6.07, 6.45) is 1.19. The zero-order chi connectivity index (χ0) is 25.4. The Balaban J connectivity index is 1.42. The fourth-order valence-electron chi connectivity index (χ4n) is 4.78. The number of carbonyl (C=O) groups excluding carboxylic acids is 2. The molecule has 1 spiro atoms. The highest BCUT2D eigenvalue weighted by molar-refractivity contribution is 6.83. The van der Waals surface area contributed by atoms with Crippen LogP contribution in [0.25, 0.3) is 0 Å². The average molecular weight is 497 g/mol. The number of benzene rings is 2. The van der Waals surface area contributed by atoms with Gasteiger partial charge in [0.1, 0.15) is 11.4 Å². The maximum absolute atomic E-state index is 13.2. The van der Waals surface area contributed by atoms with Gasteiger partial charge in [-0.15, -0.1) is 0 Å². The first-order valence-electron chi connectivity index (χ1n) is 12.2. The van der Waals surface area contributed by atoms with Crippen LogP contribution in [-0.4, -0.2) is 55.3 Å². The number of nitrogens with zero attached hydrogens (tertiary/aromatic N) is 1. The number of rotatable bonds is 4. The molecule has 0 radical (unpaired) electrons. The molecule has 2 heterocycles. The highest BCUT2D eigenvalue weighted by Gasteiger charge is 2.44. The molecule has 2 aromatic carbocycles. The molecule has 7 nitrogen and oxygen atoms in total. The summed E-state index contributed by atoms with van der Waals surface area (Å²) in [5.74, 6) is 0.892. The van der Waals surface area contributed by atoms with Gasteiger partial charge in [-0.1, -0.05) is 18.2 Å². The number of hydrogen-bond donors (Lipinski definition) is 2. The summed E-state index contributed by atoms with van der Waals surface area (Å²) in [4.78, 5) is 37.6. The zero-order valence-electron chi connectivity index (χ0n) is 21.3. The SMILES string of the molecule is CC(C)(C)OC(=O)NCc1ccc2c(c1)C1(CCN(C(=O)c3cccc([Si](C)(C)O)c3)CC1)CO2. The Morgan fingerprint density at radius 1 is 1.14 bits per heavy atom. The van der Waals surface area contributed by atoms with Gasteiger partial charge in [-0.2, -0.15) is 0 Å². The monoisotopic (exact) mass is 496 g/mol. The molecule has 2 aliphatic heterocycles. The van der Waals surface area contributed by atoms with Crippen LogP contribution in [-0.2, 0) is 16.7 Å². The number of hydrogen-bond acceptors (Lipinski definition) is 5. The molecule has 188 valence electrons. The quantitative estimate of drug-likeness (QED) is 0.631. The van der Waals surface area contributed by atoms with E-state index < -0.39 is 20.0 Å². The molecule has 4 rings (SSSR count). The van der Waals surface area contributed by atoms with Crippen molar-refractivity contribution < 1.29 is 23.9 Å². The Kier molecular flexibility index (Phi) is 6.72. The molecule has 1 fully saturated rings. The molecule has 2 amide bonds. The van der Waals surface area contributed by atoms with Crippen LogP contribution in [0.15, 0.2) is 42.5 Å². The normalized spacial score (nSPS) is 17.0. The maximum atomic E-state index is 13.2. The van der Waals surface area contributed by atoms with Crippen LogP contribution >= 0.6 is 0 Å². The van der Waals surface area contributed by atoms with Gasteiger partial charge >= 0.3 is 6.09 Å². The number of likely N-dealkylation sites (tertiary alicyclic amines) is 1. The lowest BCUT2D eigenvalue weighted by atomic mass is 9.74. The molecule has 0 unspecified atom stereocenters. The number of piperidine rings is 1. The van der Waals surface area contributed by atoms with Gasteiger partial charge in [0.05, 0.1) is 6.61 Å². The Morgan fingerprint density at radius 2 is 1.86 bits per heavy atom. The van der Waals surface area contributed by atoms with Gasteiger partial charge in [0, 0.05) is 36.2 Å². The standard InChI is InChI=1S/C27H36N2O5Si/c1-26(2,3)34-25(31)28-17-19-9-10-23-22(15-19)27(18-33-23)11-13-29(14-12-27)24(30)20-7-6-8-21(16-20)35(4,5)32/h6-10,15-16,32H,11-14,17-18H2,1-5H3,(H,28,31). The predicted octanol–water partition coefficient (Wildman–Crippen LogP) is 3.68. The number of amides is 2. The van der Waals surface area contributed by atoms with E-state index in [4.69, 9.17) is 9.47 Å². The molecule has 8 heteroatoms. The Hall–Kier alpha value is -2.84. The minimum atomic E-state index is -2.48. The number of ether oxygens (including phenoxy) is 2. The van der Waals surface area contributed by atoms with E-state index in [1.165, 1.54) is 0 Å². The molecule has 35 heavy (non-hydrogen) atoms. The summed E-state index contributed by atoms with van der Waals surface area (Å²) < 4.78 is 11.4. The summed E-state index contributed by atoms with van der Waals surface area (Å²) in [5.41, 5.74) is 2.11. The third kappa shape index (κ3) is 5.70. The van der Waals surface area contributed by atoms with Crippen molar-refractivity contribution in [1.29, 1.82) is 0 Å². The fourth-order valence-corrected chi connectivity index (χ4v) is 5.79. The van der Waals surface area contributed by atoms with Gasteiger partial charge in [-0.3, -0.25) is 4.79 Å². The molecule has 2 N–H and O–H groups in total. The minimum Gasteiger partial charge on any atom is -0.492 e. The highest BCUT2D eigenvalue weighted by Crippen LogP contribution is 2.46. The van der Waals surface area contributed by atoms with E-state index in [1.54, 1.807) is 0 Å². The molecule has 0 atom stereocenters. The van der Waals surface area contributed by atoms with Crippen molar-refractivity contribution in [2.24, 2.45) is 0 Å². The Bertz CT molecular complexity index is 1110. The van der Waals surface area contributed by atoms with Gasteiger partial charge < -0.3 is 24.5 Å². The number of carbonyl (C=O) groups is 2. The van der Waals surface area contributed by atoms with Gasteiger partial charge in [-0.25, -0.2) is 4.79 Å². The molecule has 2 aliphatic rings. The predicted molar refractivity (Wildman–Crippen MR) is 138 cm³/mol. The van der Waals surface area contributed by atoms with Crippen LogP contribution in [0.4, 0.5) is 4.79 Å². The van der Waals surface area contributed by atoms with E-state index in [9.17, 15) is 14.4 Å². The first kappa shape index (κ1) is 25.3. The van der Waals surface area contributed by atoms with Crippen molar-refractivity contribution in [2.75, 3.05) is 19.7 Å². The lowest BCUT2D eigenvalue weighted by molar-refractivity contribution is 0.0523. The third-order valence-electron chi connectivity index (χ3n) is 6.78. The van der Waals surface area contributed by atoms with Crippen molar-refractivity contribution in [1.82, 2.24) is 10.2 Å². The lowest BCUT2D eigenvalue weighted by Gasteiger charge is -2.38. The fraction of sp³-hybridized carbons (Fsp3) is 0.481. The first-order chi connectivity index (χ1) is 16.4. The van der Waals surface area contributed by atoms with Crippen molar-refractivity contribution in [3.05, 3.63) is 59.2 Å². The topological polar surface area (TPSA) is 88.1 Å². The molecular formula is C27H36N2O5Si. The Morgan fingerprint density at radius 3 is 2.51 bits per heavy atom. The van der Waals surface area contributed by atoms with E-state index >= 15 is 0 Å². The summed E-state index contributed by atoms with van der Waals surface area (Å²) in [7, 11) is -2.48. The zero-order valence-corrected chi connectivity index (χ0v) is 22.3. The van der Waals surface area contributed by atoms with E-state index in [-0.39, 0.29) is 11.3 Å². The second-order valence-electron chi connectivity index (χ2n) is 11.2. The summed E-state index contributed by atoms with van der Waals surface area (Å²) >= 11 is 0. The molecule has 0 bridgehead atoms. The van der Waals surface area contributed by atoms with Crippen molar-refractivity contribution in [3.8, 4) is 5.75 Å². The summed E-state index contributed by atoms with van der Waals surface area (Å²) in [6.45, 7) is 11.5. The lowest BCUT2D eigenvalue weighted by Crippen LogP contribution is -2.46. The van der Waals surface area contributed by atoms with Crippen LogP contribution in [0.5, 0.6) is 5.75 Å². The number of alkyl carbamates (subject to hydrolysis) is 1. The van der Waals surface area contributed by atoms with Crippen molar-refractivity contribution >= 4 is 25.5 Å². The Labute approximate surface area is 208 Å². The summed E-state index contributed by atoms with van der Waals surface area (Å²) in [6, 6.07) is 13.5. The molecule has 2 aromatic rings. The van der Waals surface area contributed by atoms with Crippen molar-refractivity contribution in [3.63, 3.8) is 0 Å². The van der Waals surface area contributed by atoms with Crippen LogP contribution in [0.2, 0.25) is 13.1 Å². The molecule has 1 saturated heterocycles. The van der Waals surface area contributed by atoms with Crippen LogP contribution in [0.3, 0.4) is 0 Å². The van der Waals surface area contributed by atoms with E-state index in [1.807, 2.05) is 75.2 Å². The van der Waals surface area contributed by atoms with Gasteiger partial charge in [0.2, 0.25) is 8.32 Å². The van der Waals surface area contributed by atoms with Crippen LogP contribution < -0.4 is 15.2 Å². The van der Waals surface area contributed by atoms with E-state index in [2.05, 4.69) is 11.4 Å². The smallest absolute Gasteiger partial charge is 0.407 e. The molecule has 0 aliphatic carbocycles. The third-order valence-corrected chi connectivity index (χ3v) is 8.50.